The van der Waals surface area contributed by atoms with E-state index in [-0.39, 0.29) is 24.3 Å². The zero-order valence-corrected chi connectivity index (χ0v) is 14.4. The van der Waals surface area contributed by atoms with Crippen LogP contribution >= 0.6 is 0 Å². The number of aryl methyl sites for hydroxylation is 1. The molecule has 1 saturated heterocycles. The SMILES string of the molecule is Cc1cnccc1-c1ccc(C(=O)N2CCCC[C@@H]2CC(N)=O)cc1. The van der Waals surface area contributed by atoms with Crippen molar-refractivity contribution in [2.24, 2.45) is 5.73 Å². The molecule has 2 heterocycles. The molecule has 3 rings (SSSR count). The summed E-state index contributed by atoms with van der Waals surface area (Å²) in [4.78, 5) is 30.1. The number of nitrogens with two attached hydrogens (primary N) is 1. The number of piperidine rings is 1. The largest absolute Gasteiger partial charge is 0.370 e. The Hall–Kier alpha value is -2.69. The second-order valence-electron chi connectivity index (χ2n) is 6.59. The number of hydrogen-bond donors (Lipinski definition) is 1. The standard InChI is InChI=1S/C20H23N3O2/c1-14-13-22-10-9-18(14)15-5-7-16(8-6-15)20(25)23-11-3-2-4-17(23)12-19(21)24/h5-10,13,17H,2-4,11-12H2,1H3,(H2,21,24)/t17-/m1/s1. The lowest BCUT2D eigenvalue weighted by atomic mass is 9.97. The molecule has 1 aromatic carbocycles. The maximum Gasteiger partial charge on any atom is 0.254 e. The van der Waals surface area contributed by atoms with Crippen molar-refractivity contribution in [3.8, 4) is 11.1 Å². The molecule has 0 aliphatic carbocycles. The summed E-state index contributed by atoms with van der Waals surface area (Å²) in [6.45, 7) is 2.70. The molecule has 0 unspecified atom stereocenters. The van der Waals surface area contributed by atoms with Crippen LogP contribution in [0, 0.1) is 6.92 Å². The quantitative estimate of drug-likeness (QED) is 0.932. The molecule has 130 valence electrons. The number of benzene rings is 1. The first-order valence-electron chi connectivity index (χ1n) is 8.66. The molecule has 2 amide bonds. The van der Waals surface area contributed by atoms with Crippen molar-refractivity contribution in [2.75, 3.05) is 6.54 Å². The van der Waals surface area contributed by atoms with E-state index in [1.54, 1.807) is 11.1 Å². The van der Waals surface area contributed by atoms with Gasteiger partial charge in [-0.3, -0.25) is 14.6 Å². The van der Waals surface area contributed by atoms with Crippen LogP contribution in [-0.2, 0) is 4.79 Å². The molecule has 0 saturated carbocycles. The average Bonchev–Trinajstić information content (AvgIpc) is 2.62. The molecule has 0 radical (unpaired) electrons. The molecule has 1 aliphatic heterocycles. The first kappa shape index (κ1) is 17.1. The smallest absolute Gasteiger partial charge is 0.254 e. The molecule has 1 atom stereocenters. The van der Waals surface area contributed by atoms with Crippen molar-refractivity contribution in [1.29, 1.82) is 0 Å². The molecule has 2 aromatic rings. The second kappa shape index (κ2) is 7.47. The van der Waals surface area contributed by atoms with Crippen molar-refractivity contribution in [2.45, 2.75) is 38.6 Å². The van der Waals surface area contributed by atoms with Crippen molar-refractivity contribution >= 4 is 11.8 Å². The zero-order chi connectivity index (χ0) is 17.8. The fourth-order valence-electron chi connectivity index (χ4n) is 3.47. The van der Waals surface area contributed by atoms with E-state index >= 15 is 0 Å². The van der Waals surface area contributed by atoms with Crippen LogP contribution in [-0.4, -0.2) is 34.3 Å². The van der Waals surface area contributed by atoms with Gasteiger partial charge in [-0.25, -0.2) is 0 Å². The van der Waals surface area contributed by atoms with E-state index in [9.17, 15) is 9.59 Å². The third-order valence-electron chi connectivity index (χ3n) is 4.79. The van der Waals surface area contributed by atoms with Crippen LogP contribution in [0.5, 0.6) is 0 Å². The van der Waals surface area contributed by atoms with Gasteiger partial charge in [-0.1, -0.05) is 12.1 Å². The Morgan fingerprint density at radius 3 is 2.64 bits per heavy atom. The van der Waals surface area contributed by atoms with Crippen LogP contribution in [0.25, 0.3) is 11.1 Å². The van der Waals surface area contributed by atoms with Crippen LogP contribution in [0.15, 0.2) is 42.7 Å². The lowest BCUT2D eigenvalue weighted by Gasteiger charge is -2.35. The van der Waals surface area contributed by atoms with Crippen LogP contribution in [0.4, 0.5) is 0 Å². The Kier molecular flexibility index (Phi) is 5.12. The molecule has 1 aliphatic rings. The van der Waals surface area contributed by atoms with Gasteiger partial charge < -0.3 is 10.6 Å². The highest BCUT2D eigenvalue weighted by molar-refractivity contribution is 5.95. The number of carbonyl (C=O) groups is 2. The van der Waals surface area contributed by atoms with Crippen molar-refractivity contribution in [1.82, 2.24) is 9.88 Å². The predicted octanol–water partition coefficient (Wildman–Crippen LogP) is 2.93. The number of hydrogen-bond acceptors (Lipinski definition) is 3. The number of rotatable bonds is 4. The minimum absolute atomic E-state index is 0.0241. The van der Waals surface area contributed by atoms with Crippen molar-refractivity contribution < 1.29 is 9.59 Å². The maximum atomic E-state index is 12.9. The highest BCUT2D eigenvalue weighted by atomic mass is 16.2. The van der Waals surface area contributed by atoms with Gasteiger partial charge in [0.05, 0.1) is 0 Å². The summed E-state index contributed by atoms with van der Waals surface area (Å²) in [7, 11) is 0. The van der Waals surface area contributed by atoms with E-state index in [1.165, 1.54) is 0 Å². The summed E-state index contributed by atoms with van der Waals surface area (Å²) in [5.74, 6) is -0.378. The van der Waals surface area contributed by atoms with Crippen LogP contribution in [0.1, 0.15) is 41.6 Å². The van der Waals surface area contributed by atoms with E-state index in [2.05, 4.69) is 4.98 Å². The number of nitrogens with zero attached hydrogens (tertiary/aromatic N) is 2. The molecule has 0 bridgehead atoms. The summed E-state index contributed by atoms with van der Waals surface area (Å²) in [5.41, 5.74) is 9.25. The minimum atomic E-state index is -0.354. The maximum absolute atomic E-state index is 12.9. The predicted molar refractivity (Wildman–Crippen MR) is 96.9 cm³/mol. The van der Waals surface area contributed by atoms with Crippen LogP contribution < -0.4 is 5.73 Å². The van der Waals surface area contributed by atoms with E-state index in [0.717, 1.165) is 36.0 Å². The summed E-state index contributed by atoms with van der Waals surface area (Å²) in [6, 6.07) is 9.52. The molecule has 5 nitrogen and oxygen atoms in total. The molecule has 1 aromatic heterocycles. The molecule has 5 heteroatoms. The van der Waals surface area contributed by atoms with Crippen molar-refractivity contribution in [3.63, 3.8) is 0 Å². The fraction of sp³-hybridized carbons (Fsp3) is 0.350. The van der Waals surface area contributed by atoms with Crippen LogP contribution in [0.2, 0.25) is 0 Å². The highest BCUT2D eigenvalue weighted by Gasteiger charge is 2.28. The van der Waals surface area contributed by atoms with Gasteiger partial charge in [0.1, 0.15) is 0 Å². The Morgan fingerprint density at radius 2 is 1.96 bits per heavy atom. The molecule has 2 N–H and O–H groups in total. The lowest BCUT2D eigenvalue weighted by Crippen LogP contribution is -2.45. The van der Waals surface area contributed by atoms with E-state index < -0.39 is 0 Å². The number of primary amides is 1. The normalized spacial score (nSPS) is 17.3. The van der Waals surface area contributed by atoms with E-state index in [0.29, 0.717) is 12.1 Å². The Bertz CT molecular complexity index is 771. The Labute approximate surface area is 147 Å². The van der Waals surface area contributed by atoms with Gasteiger partial charge in [-0.05, 0) is 61.1 Å². The lowest BCUT2D eigenvalue weighted by molar-refractivity contribution is -0.119. The highest BCUT2D eigenvalue weighted by Crippen LogP contribution is 2.25. The van der Waals surface area contributed by atoms with Gasteiger partial charge in [-0.2, -0.15) is 0 Å². The molecular formula is C20H23N3O2. The van der Waals surface area contributed by atoms with Gasteiger partial charge >= 0.3 is 0 Å². The second-order valence-corrected chi connectivity index (χ2v) is 6.59. The van der Waals surface area contributed by atoms with Crippen LogP contribution in [0.3, 0.4) is 0 Å². The summed E-state index contributed by atoms with van der Waals surface area (Å²) >= 11 is 0. The molecule has 0 spiro atoms. The summed E-state index contributed by atoms with van der Waals surface area (Å²) in [6.07, 6.45) is 6.67. The van der Waals surface area contributed by atoms with E-state index in [4.69, 9.17) is 5.73 Å². The van der Waals surface area contributed by atoms with E-state index in [1.807, 2.05) is 43.5 Å². The molecule has 25 heavy (non-hydrogen) atoms. The third-order valence-corrected chi connectivity index (χ3v) is 4.79. The first-order valence-corrected chi connectivity index (χ1v) is 8.66. The Morgan fingerprint density at radius 1 is 1.20 bits per heavy atom. The monoisotopic (exact) mass is 337 g/mol. The molecule has 1 fully saturated rings. The van der Waals surface area contributed by atoms with Gasteiger partial charge in [0.25, 0.3) is 5.91 Å². The Balaban J connectivity index is 1.80. The third kappa shape index (κ3) is 3.87. The number of likely N-dealkylation sites (tertiary alicyclic amines) is 1. The minimum Gasteiger partial charge on any atom is -0.370 e. The average molecular weight is 337 g/mol. The number of carbonyl (C=O) groups excluding carboxylic acids is 2. The number of amides is 2. The van der Waals surface area contributed by atoms with Gasteiger partial charge in [0, 0.05) is 37.0 Å². The topological polar surface area (TPSA) is 76.3 Å². The number of aromatic nitrogens is 1. The zero-order valence-electron chi connectivity index (χ0n) is 14.4. The van der Waals surface area contributed by atoms with Crippen molar-refractivity contribution in [3.05, 3.63) is 53.9 Å². The number of pyridine rings is 1. The van der Waals surface area contributed by atoms with Gasteiger partial charge in [0.15, 0.2) is 0 Å². The fourth-order valence-corrected chi connectivity index (χ4v) is 3.47. The first-order chi connectivity index (χ1) is 12.1. The van der Waals surface area contributed by atoms with Gasteiger partial charge in [0.2, 0.25) is 5.91 Å². The molecular weight excluding hydrogens is 314 g/mol. The summed E-state index contributed by atoms with van der Waals surface area (Å²) in [5, 5.41) is 0. The van der Waals surface area contributed by atoms with Gasteiger partial charge in [-0.15, -0.1) is 0 Å². The summed E-state index contributed by atoms with van der Waals surface area (Å²) < 4.78 is 0.